The van der Waals surface area contributed by atoms with Gasteiger partial charge >= 0.3 is 0 Å². The summed E-state index contributed by atoms with van der Waals surface area (Å²) in [5.74, 6) is -0.473. The zero-order valence-electron chi connectivity index (χ0n) is 23.3. The largest absolute Gasteiger partial charge is 0.301 e. The van der Waals surface area contributed by atoms with Gasteiger partial charge < -0.3 is 5.32 Å². The van der Waals surface area contributed by atoms with Crippen LogP contribution in [0.5, 0.6) is 0 Å². The van der Waals surface area contributed by atoms with Gasteiger partial charge in [-0.3, -0.25) is 14.2 Å². The molecule has 228 valence electrons. The normalized spacial score (nSPS) is 11.9. The number of thiazole rings is 1. The SMILES string of the molecule is CS(=O)(=O)N(c1cccc(-c2csc(NC(=O)CSc3nc4nccnc4c(=O)n3CCc3ccccc3)n2)c1)S(C)(=O)=O. The van der Waals surface area contributed by atoms with Crippen molar-refractivity contribution in [1.29, 1.82) is 0 Å². The minimum atomic E-state index is -4.12. The average Bonchev–Trinajstić information content (AvgIpc) is 3.43. The van der Waals surface area contributed by atoms with Gasteiger partial charge in [-0.05, 0) is 24.1 Å². The van der Waals surface area contributed by atoms with E-state index in [0.29, 0.717) is 33.1 Å². The van der Waals surface area contributed by atoms with Gasteiger partial charge in [-0.25, -0.2) is 36.8 Å². The molecule has 0 aliphatic heterocycles. The van der Waals surface area contributed by atoms with E-state index < -0.39 is 26.0 Å². The van der Waals surface area contributed by atoms with Gasteiger partial charge in [0, 0.05) is 29.9 Å². The van der Waals surface area contributed by atoms with Crippen LogP contribution in [0.2, 0.25) is 0 Å². The third-order valence-corrected chi connectivity index (χ3v) is 11.0. The lowest BCUT2D eigenvalue weighted by atomic mass is 10.1. The third-order valence-electron chi connectivity index (χ3n) is 6.06. The number of anilines is 2. The van der Waals surface area contributed by atoms with Crippen LogP contribution >= 0.6 is 23.1 Å². The molecule has 0 atom stereocenters. The highest BCUT2D eigenvalue weighted by molar-refractivity contribution is 8.09. The van der Waals surface area contributed by atoms with Crippen molar-refractivity contribution in [2.24, 2.45) is 0 Å². The number of nitrogens with one attached hydrogen (secondary N) is 1. The van der Waals surface area contributed by atoms with Gasteiger partial charge in [-0.1, -0.05) is 54.2 Å². The van der Waals surface area contributed by atoms with Crippen molar-refractivity contribution in [3.05, 3.63) is 88.3 Å². The van der Waals surface area contributed by atoms with Crippen LogP contribution in [0.3, 0.4) is 0 Å². The summed E-state index contributed by atoms with van der Waals surface area (Å²) in [5, 5.41) is 4.97. The second-order valence-electron chi connectivity index (χ2n) is 9.46. The van der Waals surface area contributed by atoms with Crippen LogP contribution in [0.4, 0.5) is 10.8 Å². The molecule has 13 nitrogen and oxygen atoms in total. The monoisotopic (exact) mass is 671 g/mol. The first-order valence-corrected chi connectivity index (χ1v) is 18.4. The summed E-state index contributed by atoms with van der Waals surface area (Å²) in [4.78, 5) is 43.3. The molecular formula is C27H25N7O6S4. The summed E-state index contributed by atoms with van der Waals surface area (Å²) < 4.78 is 50.5. The maximum Gasteiger partial charge on any atom is 0.282 e. The number of thioether (sulfide) groups is 1. The van der Waals surface area contributed by atoms with Crippen LogP contribution in [0, 0.1) is 0 Å². The molecule has 0 aliphatic rings. The van der Waals surface area contributed by atoms with E-state index in [1.54, 1.807) is 11.4 Å². The number of sulfonamides is 2. The lowest BCUT2D eigenvalue weighted by molar-refractivity contribution is -0.113. The number of rotatable bonds is 11. The maximum atomic E-state index is 13.2. The molecule has 3 heterocycles. The van der Waals surface area contributed by atoms with Gasteiger partial charge in [0.25, 0.3) is 5.56 Å². The quantitative estimate of drug-likeness (QED) is 0.161. The Morgan fingerprint density at radius 1 is 0.977 bits per heavy atom. The van der Waals surface area contributed by atoms with Crippen molar-refractivity contribution in [3.63, 3.8) is 0 Å². The number of aryl methyl sites for hydroxylation is 1. The molecule has 5 rings (SSSR count). The van der Waals surface area contributed by atoms with Crippen LogP contribution in [0.1, 0.15) is 5.56 Å². The van der Waals surface area contributed by atoms with Crippen LogP contribution in [0.25, 0.3) is 22.4 Å². The van der Waals surface area contributed by atoms with E-state index in [2.05, 4.69) is 25.3 Å². The van der Waals surface area contributed by atoms with E-state index in [1.165, 1.54) is 35.2 Å². The fraction of sp³-hybridized carbons (Fsp3) is 0.185. The minimum absolute atomic E-state index is 0.0617. The first-order valence-electron chi connectivity index (χ1n) is 12.8. The number of amides is 1. The molecule has 0 aliphatic carbocycles. The Kier molecular flexibility index (Phi) is 9.10. The number of carbonyl (C=O) groups is 1. The predicted molar refractivity (Wildman–Crippen MR) is 171 cm³/mol. The number of nitrogens with zero attached hydrogens (tertiary/aromatic N) is 6. The number of fused-ring (bicyclic) bond motifs is 1. The molecule has 0 saturated heterocycles. The number of carbonyl (C=O) groups excluding carboxylic acids is 1. The molecule has 17 heteroatoms. The predicted octanol–water partition coefficient (Wildman–Crippen LogP) is 3.01. The van der Waals surface area contributed by atoms with Crippen LogP contribution < -0.4 is 14.6 Å². The van der Waals surface area contributed by atoms with E-state index in [9.17, 15) is 26.4 Å². The third kappa shape index (κ3) is 7.29. The first-order chi connectivity index (χ1) is 20.9. The van der Waals surface area contributed by atoms with E-state index in [4.69, 9.17) is 0 Å². The molecular weight excluding hydrogens is 647 g/mol. The second kappa shape index (κ2) is 12.8. The molecule has 5 aromatic rings. The van der Waals surface area contributed by atoms with Crippen LogP contribution in [-0.4, -0.2) is 65.5 Å². The van der Waals surface area contributed by atoms with Crippen molar-refractivity contribution in [2.75, 3.05) is 27.3 Å². The molecule has 1 N–H and O–H groups in total. The van der Waals surface area contributed by atoms with Crippen molar-refractivity contribution in [1.82, 2.24) is 24.5 Å². The number of benzene rings is 2. The highest BCUT2D eigenvalue weighted by atomic mass is 32.3. The Bertz CT molecular complexity index is 2090. The fourth-order valence-corrected chi connectivity index (χ4v) is 8.79. The van der Waals surface area contributed by atoms with E-state index in [-0.39, 0.29) is 33.3 Å². The molecule has 44 heavy (non-hydrogen) atoms. The van der Waals surface area contributed by atoms with Crippen molar-refractivity contribution in [3.8, 4) is 11.3 Å². The lowest BCUT2D eigenvalue weighted by Gasteiger charge is -2.20. The Labute approximate surface area is 261 Å². The van der Waals surface area contributed by atoms with Gasteiger partial charge in [0.2, 0.25) is 26.0 Å². The van der Waals surface area contributed by atoms with E-state index in [1.807, 2.05) is 30.3 Å². The smallest absolute Gasteiger partial charge is 0.282 e. The van der Waals surface area contributed by atoms with Gasteiger partial charge in [0.1, 0.15) is 0 Å². The van der Waals surface area contributed by atoms with Gasteiger partial charge in [-0.2, -0.15) is 3.71 Å². The summed E-state index contributed by atoms with van der Waals surface area (Å²) in [6.45, 7) is 0.331. The number of aromatic nitrogens is 5. The van der Waals surface area contributed by atoms with E-state index in [0.717, 1.165) is 41.2 Å². The van der Waals surface area contributed by atoms with Gasteiger partial charge in [-0.15, -0.1) is 11.3 Å². The maximum absolute atomic E-state index is 13.2. The Morgan fingerprint density at radius 3 is 2.43 bits per heavy atom. The summed E-state index contributed by atoms with van der Waals surface area (Å²) >= 11 is 2.22. The highest BCUT2D eigenvalue weighted by Gasteiger charge is 2.27. The summed E-state index contributed by atoms with van der Waals surface area (Å²) in [6.07, 6.45) is 5.06. The molecule has 0 fully saturated rings. The summed E-state index contributed by atoms with van der Waals surface area (Å²) in [7, 11) is -8.23. The molecule has 2 aromatic carbocycles. The topological polar surface area (TPSA) is 174 Å². The Balaban J connectivity index is 1.31. The van der Waals surface area contributed by atoms with Crippen molar-refractivity contribution >= 4 is 71.0 Å². The summed E-state index contributed by atoms with van der Waals surface area (Å²) in [5.41, 5.74) is 1.82. The molecule has 0 bridgehead atoms. The Hall–Kier alpha value is -4.19. The standard InChI is InChI=1S/C27H25N7O6S4/c1-43(37,38)34(44(2,39)40)20-10-6-9-19(15-20)21-16-41-26(30-21)31-22(35)17-42-27-32-24-23(28-12-13-29-24)25(36)33(27)14-11-18-7-4-3-5-8-18/h3-10,12-13,15-16H,11,14,17H2,1-2H3,(H,30,31,35). The zero-order chi connectivity index (χ0) is 31.5. The molecule has 0 saturated carbocycles. The van der Waals surface area contributed by atoms with Crippen LogP contribution in [-0.2, 0) is 37.8 Å². The molecule has 0 spiro atoms. The number of hydrogen-bond acceptors (Lipinski definition) is 12. The van der Waals surface area contributed by atoms with Crippen LogP contribution in [0.15, 0.2) is 82.3 Å². The Morgan fingerprint density at radius 2 is 1.70 bits per heavy atom. The molecule has 1 amide bonds. The second-order valence-corrected chi connectivity index (χ2v) is 15.2. The first kappa shape index (κ1) is 31.2. The lowest BCUT2D eigenvalue weighted by Crippen LogP contribution is -2.35. The van der Waals surface area contributed by atoms with Crippen molar-refractivity contribution in [2.45, 2.75) is 18.1 Å². The molecule has 0 radical (unpaired) electrons. The average molecular weight is 672 g/mol. The molecule has 3 aromatic heterocycles. The molecule has 0 unspecified atom stereocenters. The van der Waals surface area contributed by atoms with Gasteiger partial charge in [0.05, 0.1) is 29.6 Å². The highest BCUT2D eigenvalue weighted by Crippen LogP contribution is 2.30. The van der Waals surface area contributed by atoms with Gasteiger partial charge in [0.15, 0.2) is 21.5 Å². The fourth-order valence-electron chi connectivity index (χ4n) is 4.28. The van der Waals surface area contributed by atoms with Crippen molar-refractivity contribution < 1.29 is 21.6 Å². The summed E-state index contributed by atoms with van der Waals surface area (Å²) in [6, 6.07) is 15.6. The number of hydrogen-bond donors (Lipinski definition) is 1. The minimum Gasteiger partial charge on any atom is -0.301 e. The van der Waals surface area contributed by atoms with E-state index >= 15 is 0 Å². The zero-order valence-corrected chi connectivity index (χ0v) is 26.6.